The Morgan fingerprint density at radius 3 is 2.50 bits per heavy atom. The van der Waals surface area contributed by atoms with E-state index in [1.54, 1.807) is 37.5 Å². The summed E-state index contributed by atoms with van der Waals surface area (Å²) in [5, 5.41) is 2.12. The van der Waals surface area contributed by atoms with Crippen molar-refractivity contribution in [3.8, 4) is 5.75 Å². The Kier molecular flexibility index (Phi) is 7.22. The lowest BCUT2D eigenvalue weighted by Gasteiger charge is -2.28. The maximum atomic E-state index is 13.3. The van der Waals surface area contributed by atoms with Gasteiger partial charge < -0.3 is 9.64 Å². The molecule has 0 saturated carbocycles. The van der Waals surface area contributed by atoms with E-state index < -0.39 is 0 Å². The molecule has 0 aliphatic carbocycles. The van der Waals surface area contributed by atoms with Gasteiger partial charge in [-0.15, -0.1) is 11.3 Å². The van der Waals surface area contributed by atoms with E-state index in [1.807, 2.05) is 17.0 Å². The molecule has 3 aromatic rings. The molecular formula is C26H29FN2O2S. The molecule has 2 heterocycles. The van der Waals surface area contributed by atoms with Crippen molar-refractivity contribution in [2.45, 2.75) is 25.9 Å². The van der Waals surface area contributed by atoms with Crippen LogP contribution >= 0.6 is 11.3 Å². The second-order valence-corrected chi connectivity index (χ2v) is 9.47. The third-order valence-electron chi connectivity index (χ3n) is 6.21. The number of ether oxygens (including phenoxy) is 1. The number of hydrogen-bond acceptors (Lipinski definition) is 4. The fraction of sp³-hybridized carbons (Fsp3) is 0.346. The Hall–Kier alpha value is -2.70. The van der Waals surface area contributed by atoms with E-state index in [9.17, 15) is 9.18 Å². The quantitative estimate of drug-likeness (QED) is 0.473. The summed E-state index contributed by atoms with van der Waals surface area (Å²) in [5.74, 6) is 1.27. The highest BCUT2D eigenvalue weighted by Gasteiger charge is 2.35. The van der Waals surface area contributed by atoms with Gasteiger partial charge >= 0.3 is 0 Å². The highest BCUT2D eigenvalue weighted by Crippen LogP contribution is 2.35. The topological polar surface area (TPSA) is 32.8 Å². The van der Waals surface area contributed by atoms with E-state index in [2.05, 4.69) is 34.5 Å². The molecule has 1 aliphatic rings. The third-order valence-corrected chi connectivity index (χ3v) is 7.07. The van der Waals surface area contributed by atoms with Crippen LogP contribution in [0.2, 0.25) is 0 Å². The Morgan fingerprint density at radius 1 is 1.12 bits per heavy atom. The normalized spacial score (nSPS) is 18.6. The van der Waals surface area contributed by atoms with Crippen LogP contribution in [0.3, 0.4) is 0 Å². The van der Waals surface area contributed by atoms with Crippen molar-refractivity contribution in [1.29, 1.82) is 0 Å². The Bertz CT molecular complexity index is 1010. The lowest BCUT2D eigenvalue weighted by molar-refractivity contribution is -0.130. The number of benzene rings is 2. The minimum absolute atomic E-state index is 0.0412. The summed E-state index contributed by atoms with van der Waals surface area (Å²) in [6.07, 6.45) is 0. The van der Waals surface area contributed by atoms with Gasteiger partial charge in [-0.25, -0.2) is 4.39 Å². The van der Waals surface area contributed by atoms with Crippen LogP contribution in [0.15, 0.2) is 66.0 Å². The van der Waals surface area contributed by atoms with Crippen molar-refractivity contribution in [3.05, 3.63) is 87.9 Å². The molecule has 0 spiro atoms. The monoisotopic (exact) mass is 452 g/mol. The number of methoxy groups -OCH3 is 1. The van der Waals surface area contributed by atoms with Gasteiger partial charge in [-0.2, -0.15) is 0 Å². The van der Waals surface area contributed by atoms with E-state index in [0.717, 1.165) is 30.9 Å². The highest BCUT2D eigenvalue weighted by molar-refractivity contribution is 7.09. The summed E-state index contributed by atoms with van der Waals surface area (Å²) in [6, 6.07) is 19.0. The first kappa shape index (κ1) is 22.5. The first-order chi connectivity index (χ1) is 15.5. The lowest BCUT2D eigenvalue weighted by atomic mass is 9.88. The predicted molar refractivity (Wildman–Crippen MR) is 126 cm³/mol. The van der Waals surface area contributed by atoms with E-state index in [1.165, 1.54) is 22.6 Å². The second kappa shape index (κ2) is 10.3. The molecule has 1 aromatic heterocycles. The minimum Gasteiger partial charge on any atom is -0.497 e. The van der Waals surface area contributed by atoms with Crippen LogP contribution in [0, 0.1) is 11.7 Å². The molecule has 1 amide bonds. The molecule has 6 heteroatoms. The van der Waals surface area contributed by atoms with Gasteiger partial charge in [0.15, 0.2) is 0 Å². The van der Waals surface area contributed by atoms with Crippen molar-refractivity contribution in [2.24, 2.45) is 5.92 Å². The first-order valence-electron chi connectivity index (χ1n) is 10.9. The van der Waals surface area contributed by atoms with E-state index in [4.69, 9.17) is 4.74 Å². The van der Waals surface area contributed by atoms with Crippen molar-refractivity contribution < 1.29 is 13.9 Å². The molecule has 0 N–H and O–H groups in total. The summed E-state index contributed by atoms with van der Waals surface area (Å²) in [7, 11) is 1.68. The number of carbonyl (C=O) groups is 1. The average molecular weight is 453 g/mol. The van der Waals surface area contributed by atoms with Gasteiger partial charge in [0.25, 0.3) is 0 Å². The predicted octanol–water partition coefficient (Wildman–Crippen LogP) is 5.16. The zero-order valence-corrected chi connectivity index (χ0v) is 19.4. The maximum absolute atomic E-state index is 13.3. The molecule has 2 atom stereocenters. The average Bonchev–Trinajstić information content (AvgIpc) is 3.45. The van der Waals surface area contributed by atoms with Gasteiger partial charge in [-0.1, -0.05) is 30.3 Å². The summed E-state index contributed by atoms with van der Waals surface area (Å²) < 4.78 is 18.6. The van der Waals surface area contributed by atoms with Gasteiger partial charge in [-0.3, -0.25) is 9.69 Å². The van der Waals surface area contributed by atoms with Crippen LogP contribution in [-0.4, -0.2) is 42.5 Å². The van der Waals surface area contributed by atoms with Gasteiger partial charge in [0.2, 0.25) is 5.91 Å². The number of amides is 1. The van der Waals surface area contributed by atoms with Crippen molar-refractivity contribution in [1.82, 2.24) is 9.80 Å². The van der Waals surface area contributed by atoms with Crippen LogP contribution in [0.1, 0.15) is 28.8 Å². The van der Waals surface area contributed by atoms with E-state index in [-0.39, 0.29) is 11.7 Å². The van der Waals surface area contributed by atoms with E-state index in [0.29, 0.717) is 24.9 Å². The molecule has 0 unspecified atom stereocenters. The number of halogens is 1. The van der Waals surface area contributed by atoms with Gasteiger partial charge in [0.05, 0.1) is 7.11 Å². The van der Waals surface area contributed by atoms with E-state index >= 15 is 0 Å². The van der Waals surface area contributed by atoms with Crippen LogP contribution in [-0.2, 0) is 17.9 Å². The van der Waals surface area contributed by atoms with Crippen LogP contribution < -0.4 is 4.74 Å². The van der Waals surface area contributed by atoms with Crippen LogP contribution in [0.25, 0.3) is 0 Å². The maximum Gasteiger partial charge on any atom is 0.219 e. The summed E-state index contributed by atoms with van der Waals surface area (Å²) in [4.78, 5) is 18.2. The zero-order valence-electron chi connectivity index (χ0n) is 18.5. The smallest absolute Gasteiger partial charge is 0.219 e. The standard InChI is InChI=1S/C26H29FN2O2S/c1-19(30)29(14-20-5-9-23(27)10-6-20)16-22-15-28(17-25-4-3-13-32-25)18-26(22)21-7-11-24(31-2)12-8-21/h3-13,22,26H,14-18H2,1-2H3/t22-,26-/m1/s1. The molecular weight excluding hydrogens is 423 g/mol. The fourth-order valence-electron chi connectivity index (χ4n) is 4.52. The Labute approximate surface area is 193 Å². The zero-order chi connectivity index (χ0) is 22.5. The SMILES string of the molecule is COc1ccc([C@H]2CN(Cc3cccs3)C[C@@H]2CN(Cc2ccc(F)cc2)C(C)=O)cc1. The molecule has 1 aliphatic heterocycles. The molecule has 4 rings (SSSR count). The molecule has 2 aromatic carbocycles. The van der Waals surface area contributed by atoms with Crippen LogP contribution in [0.4, 0.5) is 4.39 Å². The first-order valence-corrected chi connectivity index (χ1v) is 11.8. The Morgan fingerprint density at radius 2 is 1.88 bits per heavy atom. The summed E-state index contributed by atoms with van der Waals surface area (Å²) in [6.45, 7) is 5.60. The number of thiophene rings is 1. The molecule has 1 saturated heterocycles. The summed E-state index contributed by atoms with van der Waals surface area (Å²) in [5.41, 5.74) is 2.21. The van der Waals surface area contributed by atoms with Crippen LogP contribution in [0.5, 0.6) is 5.75 Å². The number of nitrogens with zero attached hydrogens (tertiary/aromatic N) is 2. The molecule has 0 bridgehead atoms. The van der Waals surface area contributed by atoms with Crippen molar-refractivity contribution in [3.63, 3.8) is 0 Å². The lowest BCUT2D eigenvalue weighted by Crippen LogP contribution is -2.35. The van der Waals surface area contributed by atoms with Crippen molar-refractivity contribution >= 4 is 17.2 Å². The minimum atomic E-state index is -0.261. The van der Waals surface area contributed by atoms with Crippen molar-refractivity contribution in [2.75, 3.05) is 26.7 Å². The molecule has 32 heavy (non-hydrogen) atoms. The second-order valence-electron chi connectivity index (χ2n) is 8.44. The highest BCUT2D eigenvalue weighted by atomic mass is 32.1. The number of rotatable bonds is 8. The molecule has 1 fully saturated rings. The molecule has 0 radical (unpaired) electrons. The van der Waals surface area contributed by atoms with Gasteiger partial charge in [0, 0.05) is 50.4 Å². The fourth-order valence-corrected chi connectivity index (χ4v) is 5.27. The third kappa shape index (κ3) is 5.56. The van der Waals surface area contributed by atoms with Gasteiger partial charge in [0.1, 0.15) is 11.6 Å². The molecule has 168 valence electrons. The summed E-state index contributed by atoms with van der Waals surface area (Å²) >= 11 is 1.78. The number of likely N-dealkylation sites (tertiary alicyclic amines) is 1. The molecule has 4 nitrogen and oxygen atoms in total. The van der Waals surface area contributed by atoms with Gasteiger partial charge in [-0.05, 0) is 52.8 Å². The number of hydrogen-bond donors (Lipinski definition) is 0. The Balaban J connectivity index is 1.53. The largest absolute Gasteiger partial charge is 0.497 e. The number of carbonyl (C=O) groups excluding carboxylic acids is 1.